The van der Waals surface area contributed by atoms with Crippen LogP contribution >= 0.6 is 0 Å². The maximum atomic E-state index is 11.2. The highest BCUT2D eigenvalue weighted by Gasteiger charge is 2.15. The highest BCUT2D eigenvalue weighted by molar-refractivity contribution is 5.96. The molecular weight excluding hydrogens is 430 g/mol. The van der Waals surface area contributed by atoms with E-state index in [9.17, 15) is 9.90 Å². The zero-order chi connectivity index (χ0) is 24.6. The summed E-state index contributed by atoms with van der Waals surface area (Å²) in [4.78, 5) is 11.2. The van der Waals surface area contributed by atoms with E-state index in [1.54, 1.807) is 12.1 Å². The molecule has 35 heavy (non-hydrogen) atoms. The van der Waals surface area contributed by atoms with Crippen molar-refractivity contribution in [2.45, 2.75) is 32.7 Å². The summed E-state index contributed by atoms with van der Waals surface area (Å²) in [5, 5.41) is 10.4. The van der Waals surface area contributed by atoms with Gasteiger partial charge in [-0.05, 0) is 57.5 Å². The fourth-order valence-corrected chi connectivity index (χ4v) is 4.61. The lowest BCUT2D eigenvalue weighted by molar-refractivity contribution is 0.0697. The number of aromatic carboxylic acids is 1. The number of hydrogen-bond acceptors (Lipinski definition) is 1. The van der Waals surface area contributed by atoms with Gasteiger partial charge in [-0.2, -0.15) is 0 Å². The number of hydrogen-bond donors (Lipinski definition) is 1. The van der Waals surface area contributed by atoms with Crippen molar-refractivity contribution >= 4 is 16.9 Å². The average molecular weight is 460 g/mol. The molecule has 3 nitrogen and oxygen atoms in total. The Morgan fingerprint density at radius 3 is 2.14 bits per heavy atom. The second-order valence-corrected chi connectivity index (χ2v) is 10.1. The molecule has 0 aliphatic rings. The highest BCUT2D eigenvalue weighted by atomic mass is 16.4. The van der Waals surface area contributed by atoms with E-state index in [0.29, 0.717) is 5.56 Å². The van der Waals surface area contributed by atoms with Gasteiger partial charge in [-0.25, -0.2) is 4.79 Å². The van der Waals surface area contributed by atoms with Gasteiger partial charge in [0.15, 0.2) is 0 Å². The Bertz CT molecular complexity index is 1500. The third-order valence-electron chi connectivity index (χ3n) is 6.60. The largest absolute Gasteiger partial charge is 0.478 e. The quantitative estimate of drug-likeness (QED) is 0.289. The van der Waals surface area contributed by atoms with Crippen LogP contribution in [0.3, 0.4) is 0 Å². The maximum absolute atomic E-state index is 11.2. The van der Waals surface area contributed by atoms with E-state index in [0.717, 1.165) is 17.7 Å². The van der Waals surface area contributed by atoms with Gasteiger partial charge < -0.3 is 9.67 Å². The summed E-state index contributed by atoms with van der Waals surface area (Å²) in [5.74, 6) is -0.909. The molecule has 0 amide bonds. The van der Waals surface area contributed by atoms with Crippen molar-refractivity contribution in [2.75, 3.05) is 0 Å². The second kappa shape index (κ2) is 8.92. The number of fused-ring (bicyclic) bond motifs is 1. The lowest BCUT2D eigenvalue weighted by atomic mass is 9.86. The molecule has 0 unspecified atom stereocenters. The molecule has 0 radical (unpaired) electrons. The Balaban J connectivity index is 1.49. The molecule has 174 valence electrons. The summed E-state index contributed by atoms with van der Waals surface area (Å²) in [6.45, 7) is 7.47. The monoisotopic (exact) mass is 459 g/mol. The van der Waals surface area contributed by atoms with Gasteiger partial charge >= 0.3 is 5.97 Å². The Labute approximate surface area is 206 Å². The molecule has 0 spiro atoms. The van der Waals surface area contributed by atoms with Crippen LogP contribution in [0.4, 0.5) is 0 Å². The first-order chi connectivity index (χ1) is 16.8. The third kappa shape index (κ3) is 4.63. The van der Waals surface area contributed by atoms with Gasteiger partial charge in [0.2, 0.25) is 0 Å². The first kappa shape index (κ1) is 22.7. The minimum absolute atomic E-state index is 0.130. The van der Waals surface area contributed by atoms with Crippen molar-refractivity contribution < 1.29 is 9.90 Å². The molecule has 0 atom stereocenters. The van der Waals surface area contributed by atoms with Crippen LogP contribution in [-0.2, 0) is 12.0 Å². The van der Waals surface area contributed by atoms with Gasteiger partial charge in [-0.15, -0.1) is 0 Å². The number of carboxylic acids is 1. The van der Waals surface area contributed by atoms with E-state index < -0.39 is 5.97 Å². The van der Waals surface area contributed by atoms with Crippen molar-refractivity contribution in [2.24, 2.45) is 0 Å². The minimum Gasteiger partial charge on any atom is -0.478 e. The van der Waals surface area contributed by atoms with Crippen molar-refractivity contribution in [3.63, 3.8) is 0 Å². The molecule has 0 bridgehead atoms. The Morgan fingerprint density at radius 2 is 1.46 bits per heavy atom. The first-order valence-corrected chi connectivity index (χ1v) is 11.9. The molecule has 1 heterocycles. The van der Waals surface area contributed by atoms with Gasteiger partial charge in [-0.1, -0.05) is 93.6 Å². The lowest BCUT2D eigenvalue weighted by Gasteiger charge is -2.19. The Hall–Kier alpha value is -4.11. The summed E-state index contributed by atoms with van der Waals surface area (Å²) in [7, 11) is 0. The topological polar surface area (TPSA) is 42.2 Å². The number of carbonyl (C=O) groups is 1. The predicted octanol–water partition coefficient (Wildman–Crippen LogP) is 8.02. The van der Waals surface area contributed by atoms with Crippen LogP contribution in [0.25, 0.3) is 33.2 Å². The zero-order valence-electron chi connectivity index (χ0n) is 20.3. The van der Waals surface area contributed by atoms with Crippen LogP contribution in [0.1, 0.15) is 42.3 Å². The number of carboxylic acid groups (broad SMARTS) is 1. The van der Waals surface area contributed by atoms with Gasteiger partial charge in [-0.3, -0.25) is 0 Å². The van der Waals surface area contributed by atoms with Crippen molar-refractivity contribution in [3.8, 4) is 22.3 Å². The molecular formula is C32H29NO2. The Kier molecular flexibility index (Phi) is 5.78. The van der Waals surface area contributed by atoms with E-state index in [1.807, 2.05) is 12.1 Å². The number of nitrogens with zero attached hydrogens (tertiary/aromatic N) is 1. The molecule has 4 aromatic carbocycles. The molecule has 5 aromatic rings. The number of benzene rings is 4. The first-order valence-electron chi connectivity index (χ1n) is 11.9. The molecule has 0 saturated heterocycles. The fourth-order valence-electron chi connectivity index (χ4n) is 4.61. The molecule has 3 heteroatoms. The molecule has 5 rings (SSSR count). The molecule has 1 N–H and O–H groups in total. The van der Waals surface area contributed by atoms with Gasteiger partial charge in [0.1, 0.15) is 0 Å². The summed E-state index contributed by atoms with van der Waals surface area (Å²) >= 11 is 0. The Morgan fingerprint density at radius 1 is 0.771 bits per heavy atom. The fraction of sp³-hybridized carbons (Fsp3) is 0.156. The van der Waals surface area contributed by atoms with E-state index in [-0.39, 0.29) is 5.41 Å². The summed E-state index contributed by atoms with van der Waals surface area (Å²) in [6.07, 6.45) is 2.26. The van der Waals surface area contributed by atoms with Crippen LogP contribution in [0.15, 0.2) is 103 Å². The van der Waals surface area contributed by atoms with Gasteiger partial charge in [0.25, 0.3) is 0 Å². The SMILES string of the molecule is CC(C)(C)c1ccc(-c2cn(Cc3cccc(-c4ccc(C(=O)O)cc4)c3)c3ccccc23)cc1. The maximum Gasteiger partial charge on any atom is 0.335 e. The van der Waals surface area contributed by atoms with Crippen molar-refractivity contribution in [1.29, 1.82) is 0 Å². The van der Waals surface area contributed by atoms with E-state index in [2.05, 4.69) is 104 Å². The van der Waals surface area contributed by atoms with Gasteiger partial charge in [0.05, 0.1) is 5.56 Å². The van der Waals surface area contributed by atoms with E-state index in [4.69, 9.17) is 0 Å². The molecule has 0 saturated carbocycles. The zero-order valence-corrected chi connectivity index (χ0v) is 20.3. The molecule has 0 aliphatic carbocycles. The number of rotatable bonds is 5. The average Bonchev–Trinajstić information content (AvgIpc) is 3.22. The van der Waals surface area contributed by atoms with Crippen LogP contribution in [0.2, 0.25) is 0 Å². The minimum atomic E-state index is -0.909. The third-order valence-corrected chi connectivity index (χ3v) is 6.60. The molecule has 0 fully saturated rings. The standard InChI is InChI=1S/C32H29NO2/c1-32(2,3)27-17-15-24(16-18-27)29-21-33(30-10-5-4-9-28(29)30)20-22-7-6-8-26(19-22)23-11-13-25(14-12-23)31(34)35/h4-19,21H,20H2,1-3H3,(H,34,35). The number of para-hydroxylation sites is 1. The second-order valence-electron chi connectivity index (χ2n) is 10.1. The van der Waals surface area contributed by atoms with Crippen molar-refractivity contribution in [1.82, 2.24) is 4.57 Å². The summed E-state index contributed by atoms with van der Waals surface area (Å²) < 4.78 is 2.31. The van der Waals surface area contributed by atoms with E-state index >= 15 is 0 Å². The predicted molar refractivity (Wildman–Crippen MR) is 144 cm³/mol. The van der Waals surface area contributed by atoms with Gasteiger partial charge in [0, 0.05) is 29.2 Å². The molecule has 1 aromatic heterocycles. The van der Waals surface area contributed by atoms with Crippen LogP contribution in [0.5, 0.6) is 0 Å². The van der Waals surface area contributed by atoms with Crippen molar-refractivity contribution in [3.05, 3.63) is 120 Å². The lowest BCUT2D eigenvalue weighted by Crippen LogP contribution is -2.10. The van der Waals surface area contributed by atoms with Crippen LogP contribution < -0.4 is 0 Å². The number of aromatic nitrogens is 1. The summed E-state index contributed by atoms with van der Waals surface area (Å²) in [6, 6.07) is 33.0. The van der Waals surface area contributed by atoms with Crippen LogP contribution in [-0.4, -0.2) is 15.6 Å². The molecule has 0 aliphatic heterocycles. The highest BCUT2D eigenvalue weighted by Crippen LogP contribution is 2.33. The van der Waals surface area contributed by atoms with E-state index in [1.165, 1.54) is 33.2 Å². The smallest absolute Gasteiger partial charge is 0.335 e. The normalized spacial score (nSPS) is 11.6. The van der Waals surface area contributed by atoms with Crippen LogP contribution in [0, 0.1) is 0 Å². The summed E-state index contributed by atoms with van der Waals surface area (Å²) in [5.41, 5.74) is 8.71.